The van der Waals surface area contributed by atoms with Gasteiger partial charge in [-0.05, 0) is 43.9 Å². The van der Waals surface area contributed by atoms with Crippen LogP contribution >= 0.6 is 15.9 Å². The Morgan fingerprint density at radius 3 is 2.30 bits per heavy atom. The molecule has 1 aromatic rings. The summed E-state index contributed by atoms with van der Waals surface area (Å²) in [6.07, 6.45) is 0.818. The molecule has 0 saturated carbocycles. The minimum Gasteiger partial charge on any atom is -0.347 e. The van der Waals surface area contributed by atoms with Gasteiger partial charge in [0.2, 0.25) is 5.91 Å². The minimum atomic E-state index is -0.401. The Balaban J connectivity index is 2.78. The third-order valence-electron chi connectivity index (χ3n) is 3.41. The first-order valence-corrected chi connectivity index (χ1v) is 7.83. The van der Waals surface area contributed by atoms with Crippen molar-refractivity contribution >= 4 is 21.8 Å². The van der Waals surface area contributed by atoms with E-state index in [1.54, 1.807) is 0 Å². The van der Waals surface area contributed by atoms with Gasteiger partial charge < -0.3 is 11.1 Å². The smallest absolute Gasteiger partial charge is 0.225 e. The van der Waals surface area contributed by atoms with E-state index in [9.17, 15) is 4.79 Å². The highest BCUT2D eigenvalue weighted by Crippen LogP contribution is 2.23. The predicted molar refractivity (Wildman–Crippen MR) is 87.3 cm³/mol. The van der Waals surface area contributed by atoms with Crippen LogP contribution in [0.2, 0.25) is 0 Å². The SMILES string of the molecule is CC(C)CC(CN)C(=O)NC(C)(C)c1ccc(Br)cc1. The van der Waals surface area contributed by atoms with Crippen LogP contribution in [0.15, 0.2) is 28.7 Å². The summed E-state index contributed by atoms with van der Waals surface area (Å²) >= 11 is 3.42. The lowest BCUT2D eigenvalue weighted by Crippen LogP contribution is -2.46. The first kappa shape index (κ1) is 17.2. The second-order valence-electron chi connectivity index (χ2n) is 6.18. The molecular weight excluding hydrogens is 316 g/mol. The second kappa shape index (κ2) is 7.23. The number of carbonyl (C=O) groups is 1. The number of hydrogen-bond acceptors (Lipinski definition) is 2. The van der Waals surface area contributed by atoms with Crippen LogP contribution < -0.4 is 11.1 Å². The van der Waals surface area contributed by atoms with Gasteiger partial charge in [-0.1, -0.05) is 41.9 Å². The van der Waals surface area contributed by atoms with E-state index in [0.717, 1.165) is 16.5 Å². The van der Waals surface area contributed by atoms with Crippen molar-refractivity contribution in [2.75, 3.05) is 6.54 Å². The number of benzene rings is 1. The largest absolute Gasteiger partial charge is 0.347 e. The van der Waals surface area contributed by atoms with Gasteiger partial charge in [0.25, 0.3) is 0 Å². The molecule has 0 fully saturated rings. The Bertz CT molecular complexity index is 440. The average molecular weight is 341 g/mol. The van der Waals surface area contributed by atoms with Crippen LogP contribution in [0.4, 0.5) is 0 Å². The van der Waals surface area contributed by atoms with Gasteiger partial charge in [-0.3, -0.25) is 4.79 Å². The van der Waals surface area contributed by atoms with E-state index in [1.165, 1.54) is 0 Å². The molecule has 0 saturated heterocycles. The van der Waals surface area contributed by atoms with Gasteiger partial charge in [-0.15, -0.1) is 0 Å². The Kier molecular flexibility index (Phi) is 6.21. The average Bonchev–Trinajstić information content (AvgIpc) is 2.35. The van der Waals surface area contributed by atoms with Gasteiger partial charge in [0.05, 0.1) is 11.5 Å². The Labute approximate surface area is 130 Å². The highest BCUT2D eigenvalue weighted by molar-refractivity contribution is 9.10. The molecule has 112 valence electrons. The van der Waals surface area contributed by atoms with Gasteiger partial charge in [-0.25, -0.2) is 0 Å². The molecule has 1 unspecified atom stereocenters. The van der Waals surface area contributed by atoms with Crippen molar-refractivity contribution in [2.45, 2.75) is 39.7 Å². The van der Waals surface area contributed by atoms with E-state index in [4.69, 9.17) is 5.73 Å². The summed E-state index contributed by atoms with van der Waals surface area (Å²) in [7, 11) is 0. The van der Waals surface area contributed by atoms with E-state index < -0.39 is 5.54 Å². The molecule has 0 spiro atoms. The molecule has 1 aromatic carbocycles. The van der Waals surface area contributed by atoms with Crippen molar-refractivity contribution in [2.24, 2.45) is 17.6 Å². The molecule has 3 nitrogen and oxygen atoms in total. The number of carbonyl (C=O) groups excluding carboxylic acids is 1. The molecule has 0 aromatic heterocycles. The zero-order chi connectivity index (χ0) is 15.3. The number of halogens is 1. The van der Waals surface area contributed by atoms with Crippen molar-refractivity contribution in [1.29, 1.82) is 0 Å². The maximum absolute atomic E-state index is 12.4. The quantitative estimate of drug-likeness (QED) is 0.833. The summed E-state index contributed by atoms with van der Waals surface area (Å²) in [4.78, 5) is 12.4. The summed E-state index contributed by atoms with van der Waals surface area (Å²) in [5, 5.41) is 3.11. The lowest BCUT2D eigenvalue weighted by atomic mass is 9.91. The molecule has 0 bridgehead atoms. The molecular formula is C16H25BrN2O. The van der Waals surface area contributed by atoms with Crippen LogP contribution in [0.25, 0.3) is 0 Å². The van der Waals surface area contributed by atoms with Crippen molar-refractivity contribution in [3.05, 3.63) is 34.3 Å². The molecule has 1 atom stereocenters. The molecule has 0 aliphatic heterocycles. The Hall–Kier alpha value is -0.870. The molecule has 0 heterocycles. The van der Waals surface area contributed by atoms with Crippen LogP contribution in [0, 0.1) is 11.8 Å². The van der Waals surface area contributed by atoms with E-state index >= 15 is 0 Å². The van der Waals surface area contributed by atoms with Crippen LogP contribution in [-0.2, 0) is 10.3 Å². The lowest BCUT2D eigenvalue weighted by molar-refractivity contribution is -0.126. The zero-order valence-electron chi connectivity index (χ0n) is 12.7. The number of hydrogen-bond donors (Lipinski definition) is 2. The summed E-state index contributed by atoms with van der Waals surface area (Å²) < 4.78 is 1.03. The van der Waals surface area contributed by atoms with Crippen LogP contribution in [0.5, 0.6) is 0 Å². The highest BCUT2D eigenvalue weighted by atomic mass is 79.9. The van der Waals surface area contributed by atoms with Crippen molar-refractivity contribution in [3.63, 3.8) is 0 Å². The number of rotatable bonds is 6. The van der Waals surface area contributed by atoms with Crippen molar-refractivity contribution in [1.82, 2.24) is 5.32 Å². The van der Waals surface area contributed by atoms with E-state index in [-0.39, 0.29) is 11.8 Å². The third-order valence-corrected chi connectivity index (χ3v) is 3.94. The van der Waals surface area contributed by atoms with Gasteiger partial charge >= 0.3 is 0 Å². The molecule has 1 amide bonds. The normalized spacial score (nSPS) is 13.3. The summed E-state index contributed by atoms with van der Waals surface area (Å²) in [6.45, 7) is 8.63. The molecule has 0 radical (unpaired) electrons. The second-order valence-corrected chi connectivity index (χ2v) is 7.10. The summed E-state index contributed by atoms with van der Waals surface area (Å²) in [5.41, 5.74) is 6.41. The van der Waals surface area contributed by atoms with Gasteiger partial charge in [0.1, 0.15) is 0 Å². The monoisotopic (exact) mass is 340 g/mol. The Morgan fingerprint density at radius 1 is 1.30 bits per heavy atom. The van der Waals surface area contributed by atoms with Gasteiger partial charge in [-0.2, -0.15) is 0 Å². The van der Waals surface area contributed by atoms with Gasteiger partial charge in [0, 0.05) is 11.0 Å². The molecule has 0 aliphatic rings. The van der Waals surface area contributed by atoms with Gasteiger partial charge in [0.15, 0.2) is 0 Å². The van der Waals surface area contributed by atoms with E-state index in [2.05, 4.69) is 35.1 Å². The third kappa shape index (κ3) is 4.91. The predicted octanol–water partition coefficient (Wildman–Crippen LogP) is 3.42. The fourth-order valence-electron chi connectivity index (χ4n) is 2.23. The van der Waals surface area contributed by atoms with Crippen molar-refractivity contribution < 1.29 is 4.79 Å². The molecule has 20 heavy (non-hydrogen) atoms. The molecule has 4 heteroatoms. The van der Waals surface area contributed by atoms with E-state index in [0.29, 0.717) is 12.5 Å². The number of amides is 1. The highest BCUT2D eigenvalue weighted by Gasteiger charge is 2.27. The van der Waals surface area contributed by atoms with Crippen LogP contribution in [0.1, 0.15) is 39.7 Å². The zero-order valence-corrected chi connectivity index (χ0v) is 14.3. The standard InChI is InChI=1S/C16H25BrN2O/c1-11(2)9-12(10-18)15(20)19-16(3,4)13-5-7-14(17)8-6-13/h5-8,11-12H,9-10,18H2,1-4H3,(H,19,20). The van der Waals surface area contributed by atoms with E-state index in [1.807, 2.05) is 38.1 Å². The molecule has 1 rings (SSSR count). The lowest BCUT2D eigenvalue weighted by Gasteiger charge is -2.29. The maximum atomic E-state index is 12.4. The number of nitrogens with two attached hydrogens (primary N) is 1. The fraction of sp³-hybridized carbons (Fsp3) is 0.562. The fourth-order valence-corrected chi connectivity index (χ4v) is 2.49. The first-order valence-electron chi connectivity index (χ1n) is 7.04. The topological polar surface area (TPSA) is 55.1 Å². The summed E-state index contributed by atoms with van der Waals surface area (Å²) in [6, 6.07) is 8.00. The number of nitrogens with one attached hydrogen (secondary N) is 1. The van der Waals surface area contributed by atoms with Crippen LogP contribution in [0.3, 0.4) is 0 Å². The van der Waals surface area contributed by atoms with Crippen LogP contribution in [-0.4, -0.2) is 12.5 Å². The molecule has 0 aliphatic carbocycles. The maximum Gasteiger partial charge on any atom is 0.225 e. The minimum absolute atomic E-state index is 0.0362. The first-order chi connectivity index (χ1) is 9.26. The Morgan fingerprint density at radius 2 is 1.85 bits per heavy atom. The van der Waals surface area contributed by atoms with Crippen molar-refractivity contribution in [3.8, 4) is 0 Å². The summed E-state index contributed by atoms with van der Waals surface area (Å²) in [5.74, 6) is 0.379. The molecule has 3 N–H and O–H groups in total.